The summed E-state index contributed by atoms with van der Waals surface area (Å²) in [6, 6.07) is 10.6. The fourth-order valence-corrected chi connectivity index (χ4v) is 2.49. The Kier molecular flexibility index (Phi) is 4.56. The molecule has 0 bridgehead atoms. The van der Waals surface area contributed by atoms with Gasteiger partial charge in [0, 0.05) is 12.4 Å². The number of hydrogen-bond acceptors (Lipinski definition) is 2. The summed E-state index contributed by atoms with van der Waals surface area (Å²) in [5.41, 5.74) is 11.5. The number of pyridine rings is 1. The summed E-state index contributed by atoms with van der Waals surface area (Å²) in [6.45, 7) is 8.90. The van der Waals surface area contributed by atoms with Gasteiger partial charge in [0.05, 0.1) is 6.04 Å². The van der Waals surface area contributed by atoms with E-state index >= 15 is 0 Å². The third-order valence-electron chi connectivity index (χ3n) is 3.80. The molecule has 106 valence electrons. The molecule has 0 amide bonds. The van der Waals surface area contributed by atoms with Crippen molar-refractivity contribution in [3.63, 3.8) is 0 Å². The smallest absolute Gasteiger partial charge is 0.0555 e. The van der Waals surface area contributed by atoms with Gasteiger partial charge in [0.25, 0.3) is 0 Å². The lowest BCUT2D eigenvalue weighted by atomic mass is 9.87. The second kappa shape index (κ2) is 6.19. The van der Waals surface area contributed by atoms with Crippen LogP contribution in [0.3, 0.4) is 0 Å². The molecule has 0 fully saturated rings. The van der Waals surface area contributed by atoms with Gasteiger partial charge in [-0.25, -0.2) is 0 Å². The standard InChI is InChI=1S/C18H24N2/c1-12(2)15-5-6-16(17(11-15)13(3)4)18(19)14-7-9-20-10-8-14/h5-13,18H,19H2,1-4H3. The van der Waals surface area contributed by atoms with Gasteiger partial charge in [-0.2, -0.15) is 0 Å². The van der Waals surface area contributed by atoms with Gasteiger partial charge in [0.1, 0.15) is 0 Å². The van der Waals surface area contributed by atoms with Crippen LogP contribution >= 0.6 is 0 Å². The topological polar surface area (TPSA) is 38.9 Å². The van der Waals surface area contributed by atoms with Crippen LogP contribution in [0, 0.1) is 0 Å². The molecule has 0 saturated carbocycles. The van der Waals surface area contributed by atoms with Gasteiger partial charge >= 0.3 is 0 Å². The Balaban J connectivity index is 2.45. The minimum absolute atomic E-state index is 0.0865. The largest absolute Gasteiger partial charge is 0.320 e. The summed E-state index contributed by atoms with van der Waals surface area (Å²) in [6.07, 6.45) is 3.60. The van der Waals surface area contributed by atoms with Crippen molar-refractivity contribution >= 4 is 0 Å². The van der Waals surface area contributed by atoms with Crippen molar-refractivity contribution in [2.75, 3.05) is 0 Å². The summed E-state index contributed by atoms with van der Waals surface area (Å²) in [7, 11) is 0. The average molecular weight is 268 g/mol. The van der Waals surface area contributed by atoms with Crippen LogP contribution in [0.5, 0.6) is 0 Å². The van der Waals surface area contributed by atoms with Crippen LogP contribution in [0.15, 0.2) is 42.7 Å². The van der Waals surface area contributed by atoms with Crippen LogP contribution in [0.2, 0.25) is 0 Å². The van der Waals surface area contributed by atoms with Gasteiger partial charge in [-0.15, -0.1) is 0 Å². The highest BCUT2D eigenvalue weighted by atomic mass is 14.7. The van der Waals surface area contributed by atoms with Crippen molar-refractivity contribution in [1.82, 2.24) is 4.98 Å². The fraction of sp³-hybridized carbons (Fsp3) is 0.389. The van der Waals surface area contributed by atoms with Crippen molar-refractivity contribution in [2.45, 2.75) is 45.6 Å². The molecule has 2 rings (SSSR count). The zero-order valence-corrected chi connectivity index (χ0v) is 12.8. The van der Waals surface area contributed by atoms with E-state index < -0.39 is 0 Å². The molecule has 1 atom stereocenters. The Morgan fingerprint density at radius 3 is 2.00 bits per heavy atom. The van der Waals surface area contributed by atoms with E-state index in [9.17, 15) is 0 Å². The van der Waals surface area contributed by atoms with Crippen molar-refractivity contribution in [1.29, 1.82) is 0 Å². The molecule has 2 heteroatoms. The molecular weight excluding hydrogens is 244 g/mol. The van der Waals surface area contributed by atoms with E-state index in [1.165, 1.54) is 16.7 Å². The average Bonchev–Trinajstić information content (AvgIpc) is 2.46. The molecule has 0 aliphatic heterocycles. The molecule has 0 aliphatic rings. The first-order valence-electron chi connectivity index (χ1n) is 7.30. The summed E-state index contributed by atoms with van der Waals surface area (Å²) in [5.74, 6) is 1.01. The van der Waals surface area contributed by atoms with Gasteiger partial charge in [0.2, 0.25) is 0 Å². The Morgan fingerprint density at radius 2 is 1.45 bits per heavy atom. The molecule has 2 N–H and O–H groups in total. The van der Waals surface area contributed by atoms with E-state index in [1.807, 2.05) is 12.1 Å². The van der Waals surface area contributed by atoms with Crippen LogP contribution in [0.25, 0.3) is 0 Å². The first kappa shape index (κ1) is 14.7. The number of rotatable bonds is 4. The zero-order chi connectivity index (χ0) is 14.7. The lowest BCUT2D eigenvalue weighted by Gasteiger charge is -2.21. The molecule has 0 aliphatic carbocycles. The first-order chi connectivity index (χ1) is 9.50. The molecular formula is C18H24N2. The first-order valence-corrected chi connectivity index (χ1v) is 7.30. The Morgan fingerprint density at radius 1 is 0.800 bits per heavy atom. The zero-order valence-electron chi connectivity index (χ0n) is 12.8. The normalized spacial score (nSPS) is 12.9. The van der Waals surface area contributed by atoms with Crippen LogP contribution < -0.4 is 5.73 Å². The molecule has 2 aromatic rings. The van der Waals surface area contributed by atoms with Gasteiger partial charge in [-0.05, 0) is 46.2 Å². The minimum Gasteiger partial charge on any atom is -0.320 e. The number of nitrogens with two attached hydrogens (primary N) is 1. The maximum atomic E-state index is 6.45. The van der Waals surface area contributed by atoms with E-state index in [1.54, 1.807) is 12.4 Å². The number of aromatic nitrogens is 1. The predicted molar refractivity (Wildman–Crippen MR) is 84.9 cm³/mol. The van der Waals surface area contributed by atoms with E-state index in [0.717, 1.165) is 5.56 Å². The lowest BCUT2D eigenvalue weighted by Crippen LogP contribution is -2.15. The maximum absolute atomic E-state index is 6.45. The number of hydrogen-bond donors (Lipinski definition) is 1. The highest BCUT2D eigenvalue weighted by molar-refractivity contribution is 5.41. The molecule has 0 saturated heterocycles. The Hall–Kier alpha value is -1.67. The second-order valence-electron chi connectivity index (χ2n) is 5.96. The summed E-state index contributed by atoms with van der Waals surface area (Å²) in [5, 5.41) is 0. The molecule has 1 unspecified atom stereocenters. The van der Waals surface area contributed by atoms with Crippen molar-refractivity contribution in [2.24, 2.45) is 5.73 Å². The highest BCUT2D eigenvalue weighted by Crippen LogP contribution is 2.30. The van der Waals surface area contributed by atoms with E-state index in [-0.39, 0.29) is 6.04 Å². The number of benzene rings is 1. The molecule has 0 spiro atoms. The SMILES string of the molecule is CC(C)c1ccc(C(N)c2ccncc2)c(C(C)C)c1. The third kappa shape index (κ3) is 3.07. The van der Waals surface area contributed by atoms with Crippen molar-refractivity contribution < 1.29 is 0 Å². The Bertz CT molecular complexity index is 559. The van der Waals surface area contributed by atoms with Gasteiger partial charge < -0.3 is 5.73 Å². The quantitative estimate of drug-likeness (QED) is 0.894. The maximum Gasteiger partial charge on any atom is 0.0555 e. The number of nitrogens with zero attached hydrogens (tertiary/aromatic N) is 1. The summed E-state index contributed by atoms with van der Waals surface area (Å²) >= 11 is 0. The fourth-order valence-electron chi connectivity index (χ4n) is 2.49. The summed E-state index contributed by atoms with van der Waals surface area (Å²) in [4.78, 5) is 4.06. The minimum atomic E-state index is -0.0865. The second-order valence-corrected chi connectivity index (χ2v) is 5.96. The van der Waals surface area contributed by atoms with Crippen LogP contribution in [-0.2, 0) is 0 Å². The van der Waals surface area contributed by atoms with E-state index in [4.69, 9.17) is 5.73 Å². The highest BCUT2D eigenvalue weighted by Gasteiger charge is 2.16. The van der Waals surface area contributed by atoms with Crippen molar-refractivity contribution in [3.05, 3.63) is 65.0 Å². The molecule has 2 nitrogen and oxygen atoms in total. The predicted octanol–water partition coefficient (Wildman–Crippen LogP) is 4.38. The van der Waals surface area contributed by atoms with E-state index in [0.29, 0.717) is 11.8 Å². The van der Waals surface area contributed by atoms with Crippen LogP contribution in [-0.4, -0.2) is 4.98 Å². The van der Waals surface area contributed by atoms with Gasteiger partial charge in [-0.3, -0.25) is 4.98 Å². The molecule has 1 aromatic carbocycles. The molecule has 20 heavy (non-hydrogen) atoms. The summed E-state index contributed by atoms with van der Waals surface area (Å²) < 4.78 is 0. The molecule has 1 heterocycles. The van der Waals surface area contributed by atoms with Crippen molar-refractivity contribution in [3.8, 4) is 0 Å². The van der Waals surface area contributed by atoms with E-state index in [2.05, 4.69) is 50.9 Å². The van der Waals surface area contributed by atoms with Gasteiger partial charge in [-0.1, -0.05) is 45.9 Å². The van der Waals surface area contributed by atoms with Gasteiger partial charge in [0.15, 0.2) is 0 Å². The lowest BCUT2D eigenvalue weighted by molar-refractivity contribution is 0.780. The van der Waals surface area contributed by atoms with Crippen LogP contribution in [0.4, 0.5) is 0 Å². The van der Waals surface area contributed by atoms with Crippen LogP contribution in [0.1, 0.15) is 67.8 Å². The molecule has 1 aromatic heterocycles. The molecule has 0 radical (unpaired) electrons. The Labute approximate surface area is 122 Å². The third-order valence-corrected chi connectivity index (χ3v) is 3.80. The monoisotopic (exact) mass is 268 g/mol.